The van der Waals surface area contributed by atoms with Crippen molar-refractivity contribution < 1.29 is 9.53 Å². The van der Waals surface area contributed by atoms with Gasteiger partial charge in [-0.1, -0.05) is 26.2 Å². The molecule has 0 aliphatic rings. The van der Waals surface area contributed by atoms with Gasteiger partial charge in [0.05, 0.1) is 6.61 Å². The Morgan fingerprint density at radius 3 is 2.56 bits per heavy atom. The minimum Gasteiger partial charge on any atom is -0.494 e. The molecule has 0 bridgehead atoms. The second-order valence-electron chi connectivity index (χ2n) is 4.64. The van der Waals surface area contributed by atoms with E-state index >= 15 is 0 Å². The molecule has 1 aromatic carbocycles. The number of rotatable bonds is 8. The first-order chi connectivity index (χ1) is 8.69. The molecule has 2 heteroatoms. The molecule has 0 amide bonds. The second-order valence-corrected chi connectivity index (χ2v) is 4.64. The van der Waals surface area contributed by atoms with Crippen LogP contribution in [0.1, 0.15) is 61.9 Å². The van der Waals surface area contributed by atoms with Gasteiger partial charge in [0.15, 0.2) is 5.78 Å². The topological polar surface area (TPSA) is 26.3 Å². The van der Waals surface area contributed by atoms with E-state index in [0.717, 1.165) is 29.7 Å². The lowest BCUT2D eigenvalue weighted by Gasteiger charge is -2.08. The van der Waals surface area contributed by atoms with E-state index in [1.165, 1.54) is 12.8 Å². The Bertz CT molecular complexity index is 383. The molecule has 0 atom stereocenters. The van der Waals surface area contributed by atoms with E-state index in [4.69, 9.17) is 4.74 Å². The molecular formula is C16H24O2. The van der Waals surface area contributed by atoms with E-state index < -0.39 is 0 Å². The fourth-order valence-electron chi connectivity index (χ4n) is 2.05. The number of hydrogen-bond acceptors (Lipinski definition) is 2. The molecule has 0 fully saturated rings. The van der Waals surface area contributed by atoms with Crippen LogP contribution < -0.4 is 4.74 Å². The summed E-state index contributed by atoms with van der Waals surface area (Å²) in [6.45, 7) is 6.77. The molecule has 0 saturated carbocycles. The Balaban J connectivity index is 2.57. The Morgan fingerprint density at radius 2 is 1.94 bits per heavy atom. The van der Waals surface area contributed by atoms with E-state index in [-0.39, 0.29) is 5.78 Å². The Hall–Kier alpha value is -1.31. The summed E-state index contributed by atoms with van der Waals surface area (Å²) in [4.78, 5) is 12.1. The summed E-state index contributed by atoms with van der Waals surface area (Å²) in [6.07, 6.45) is 5.23. The molecule has 1 aromatic rings. The molecule has 0 spiro atoms. The lowest BCUT2D eigenvalue weighted by atomic mass is 10.00. The van der Waals surface area contributed by atoms with E-state index in [1.807, 2.05) is 32.0 Å². The van der Waals surface area contributed by atoms with Gasteiger partial charge in [-0.3, -0.25) is 4.79 Å². The fraction of sp³-hybridized carbons (Fsp3) is 0.562. The van der Waals surface area contributed by atoms with Crippen molar-refractivity contribution in [1.82, 2.24) is 0 Å². The first kappa shape index (κ1) is 14.7. The highest BCUT2D eigenvalue weighted by molar-refractivity contribution is 5.97. The molecule has 0 saturated heterocycles. The van der Waals surface area contributed by atoms with Crippen LogP contribution in [0, 0.1) is 6.92 Å². The minimum atomic E-state index is 0.256. The summed E-state index contributed by atoms with van der Waals surface area (Å²) < 4.78 is 5.42. The molecule has 100 valence electrons. The second kappa shape index (κ2) is 7.91. The molecule has 0 radical (unpaired) electrons. The van der Waals surface area contributed by atoms with Crippen molar-refractivity contribution in [3.63, 3.8) is 0 Å². The van der Waals surface area contributed by atoms with Crippen molar-refractivity contribution >= 4 is 5.78 Å². The van der Waals surface area contributed by atoms with Crippen molar-refractivity contribution in [2.45, 2.75) is 52.9 Å². The molecule has 0 unspecified atom stereocenters. The van der Waals surface area contributed by atoms with Gasteiger partial charge in [0, 0.05) is 12.0 Å². The fourth-order valence-corrected chi connectivity index (χ4v) is 2.05. The zero-order chi connectivity index (χ0) is 13.4. The Morgan fingerprint density at radius 1 is 1.17 bits per heavy atom. The van der Waals surface area contributed by atoms with Crippen LogP contribution in [-0.2, 0) is 0 Å². The zero-order valence-corrected chi connectivity index (χ0v) is 11.8. The van der Waals surface area contributed by atoms with Gasteiger partial charge in [-0.2, -0.15) is 0 Å². The van der Waals surface area contributed by atoms with Crippen LogP contribution in [0.2, 0.25) is 0 Å². The van der Waals surface area contributed by atoms with Crippen LogP contribution in [-0.4, -0.2) is 12.4 Å². The number of hydrogen-bond donors (Lipinski definition) is 0. The lowest BCUT2D eigenvalue weighted by molar-refractivity contribution is 0.0978. The van der Waals surface area contributed by atoms with Gasteiger partial charge in [-0.25, -0.2) is 0 Å². The average Bonchev–Trinajstić information content (AvgIpc) is 2.35. The van der Waals surface area contributed by atoms with Crippen LogP contribution in [0.5, 0.6) is 5.75 Å². The Kier molecular flexibility index (Phi) is 6.48. The summed E-state index contributed by atoms with van der Waals surface area (Å²) >= 11 is 0. The number of Topliss-reactive ketones (excluding diaryl/α,β-unsaturated/α-hetero) is 1. The molecule has 1 rings (SSSR count). The quantitative estimate of drug-likeness (QED) is 0.498. The van der Waals surface area contributed by atoms with E-state index in [9.17, 15) is 4.79 Å². The van der Waals surface area contributed by atoms with Crippen LogP contribution in [0.4, 0.5) is 0 Å². The van der Waals surface area contributed by atoms with Gasteiger partial charge in [-0.05, 0) is 44.0 Å². The van der Waals surface area contributed by atoms with Gasteiger partial charge in [-0.15, -0.1) is 0 Å². The van der Waals surface area contributed by atoms with Gasteiger partial charge in [0.25, 0.3) is 0 Å². The first-order valence-corrected chi connectivity index (χ1v) is 6.95. The maximum Gasteiger partial charge on any atom is 0.163 e. The number of carbonyl (C=O) groups excluding carboxylic acids is 1. The van der Waals surface area contributed by atoms with Gasteiger partial charge < -0.3 is 4.74 Å². The predicted octanol–water partition coefficient (Wildman–Crippen LogP) is 4.55. The summed E-state index contributed by atoms with van der Waals surface area (Å²) in [5.41, 5.74) is 1.86. The molecule has 0 N–H and O–H groups in total. The first-order valence-electron chi connectivity index (χ1n) is 6.95. The zero-order valence-electron chi connectivity index (χ0n) is 11.8. The average molecular weight is 248 g/mol. The SMILES string of the molecule is CCCCCCC(=O)c1ccc(OCC)cc1C. The maximum absolute atomic E-state index is 12.1. The summed E-state index contributed by atoms with van der Waals surface area (Å²) in [6, 6.07) is 5.72. The van der Waals surface area contributed by atoms with Crippen LogP contribution >= 0.6 is 0 Å². The maximum atomic E-state index is 12.1. The molecule has 0 aliphatic heterocycles. The molecule has 0 aliphatic carbocycles. The minimum absolute atomic E-state index is 0.256. The van der Waals surface area contributed by atoms with E-state index in [2.05, 4.69) is 6.92 Å². The van der Waals surface area contributed by atoms with Crippen LogP contribution in [0.25, 0.3) is 0 Å². The standard InChI is InChI=1S/C16H24O2/c1-4-6-7-8-9-16(17)15-11-10-14(18-5-2)12-13(15)3/h10-12H,4-9H2,1-3H3. The van der Waals surface area contributed by atoms with Crippen molar-refractivity contribution in [3.05, 3.63) is 29.3 Å². The third-order valence-corrected chi connectivity index (χ3v) is 3.07. The monoisotopic (exact) mass is 248 g/mol. The predicted molar refractivity (Wildman–Crippen MR) is 75.4 cm³/mol. The number of ether oxygens (including phenoxy) is 1. The van der Waals surface area contributed by atoms with Crippen molar-refractivity contribution in [1.29, 1.82) is 0 Å². The van der Waals surface area contributed by atoms with Crippen LogP contribution in [0.3, 0.4) is 0 Å². The normalized spacial score (nSPS) is 10.4. The third kappa shape index (κ3) is 4.52. The van der Waals surface area contributed by atoms with Crippen LogP contribution in [0.15, 0.2) is 18.2 Å². The number of benzene rings is 1. The largest absolute Gasteiger partial charge is 0.494 e. The summed E-state index contributed by atoms with van der Waals surface area (Å²) in [7, 11) is 0. The van der Waals surface area contributed by atoms with Gasteiger partial charge in [0.1, 0.15) is 5.75 Å². The van der Waals surface area contributed by atoms with Crippen molar-refractivity contribution in [3.8, 4) is 5.75 Å². The summed E-state index contributed by atoms with van der Waals surface area (Å²) in [5, 5.41) is 0. The highest BCUT2D eigenvalue weighted by Gasteiger charge is 2.09. The van der Waals surface area contributed by atoms with Crippen molar-refractivity contribution in [2.75, 3.05) is 6.61 Å². The molecular weight excluding hydrogens is 224 g/mol. The molecule has 0 aromatic heterocycles. The lowest BCUT2D eigenvalue weighted by Crippen LogP contribution is -2.02. The number of unbranched alkanes of at least 4 members (excludes halogenated alkanes) is 3. The number of aryl methyl sites for hydroxylation is 1. The molecule has 18 heavy (non-hydrogen) atoms. The highest BCUT2D eigenvalue weighted by Crippen LogP contribution is 2.19. The highest BCUT2D eigenvalue weighted by atomic mass is 16.5. The molecule has 0 heterocycles. The van der Waals surface area contributed by atoms with E-state index in [1.54, 1.807) is 0 Å². The number of carbonyl (C=O) groups is 1. The van der Waals surface area contributed by atoms with E-state index in [0.29, 0.717) is 13.0 Å². The van der Waals surface area contributed by atoms with Crippen molar-refractivity contribution in [2.24, 2.45) is 0 Å². The Labute approximate surface area is 110 Å². The molecule has 2 nitrogen and oxygen atoms in total. The van der Waals surface area contributed by atoms with Gasteiger partial charge >= 0.3 is 0 Å². The third-order valence-electron chi connectivity index (χ3n) is 3.07. The number of ketones is 1. The van der Waals surface area contributed by atoms with Gasteiger partial charge in [0.2, 0.25) is 0 Å². The summed E-state index contributed by atoms with van der Waals surface area (Å²) in [5.74, 6) is 1.10. The smallest absolute Gasteiger partial charge is 0.163 e.